The fourth-order valence-corrected chi connectivity index (χ4v) is 6.77. The maximum Gasteiger partial charge on any atom is 0.337 e. The Bertz CT molecular complexity index is 1310. The summed E-state index contributed by atoms with van der Waals surface area (Å²) < 4.78 is 33.7. The Morgan fingerprint density at radius 1 is 0.974 bits per heavy atom. The molecule has 1 atom stereocenters. The van der Waals surface area contributed by atoms with Crippen LogP contribution >= 0.6 is 0 Å². The Labute approximate surface area is 226 Å². The second-order valence-corrected chi connectivity index (χ2v) is 11.4. The molecule has 3 aromatic rings. The summed E-state index contributed by atoms with van der Waals surface area (Å²) in [4.78, 5) is 13.2. The lowest BCUT2D eigenvalue weighted by molar-refractivity contribution is 0.0600. The molecule has 1 fully saturated rings. The van der Waals surface area contributed by atoms with Gasteiger partial charge in [-0.05, 0) is 55.7 Å². The van der Waals surface area contributed by atoms with E-state index in [1.807, 2.05) is 65.0 Å². The van der Waals surface area contributed by atoms with Gasteiger partial charge in [0.2, 0.25) is 0 Å². The van der Waals surface area contributed by atoms with Crippen molar-refractivity contribution in [3.05, 3.63) is 78.4 Å². The highest BCUT2D eigenvalue weighted by molar-refractivity contribution is 7.91. The third-order valence-corrected chi connectivity index (χ3v) is 8.87. The minimum Gasteiger partial charge on any atom is -0.465 e. The first-order valence-electron chi connectivity index (χ1n) is 13.4. The highest BCUT2D eigenvalue weighted by Gasteiger charge is 2.31. The fraction of sp³-hybridized carbons (Fsp3) is 0.367. The summed E-state index contributed by atoms with van der Waals surface area (Å²) in [6.45, 7) is 4.07. The van der Waals surface area contributed by atoms with Crippen molar-refractivity contribution in [3.8, 4) is 11.5 Å². The molecule has 1 aliphatic rings. The lowest BCUT2D eigenvalue weighted by atomic mass is 10.1. The van der Waals surface area contributed by atoms with E-state index in [1.165, 1.54) is 7.11 Å². The standard InChI is InChI=1S/C30H37N3O4S/c1-3-4-19-31-27-22-24(30(34)36-2)23-28(29(27)37-26-17-11-8-12-18-26)38(35,32-25-15-9-7-10-16-25)33-20-13-5-6-14-21-33/h7-12,15-18,22-23,31H,3-6,13-14,19-21H2,1-2H3. The minimum atomic E-state index is -3.23. The van der Waals surface area contributed by atoms with Crippen LogP contribution in [0.4, 0.5) is 11.4 Å². The number of nitrogens with one attached hydrogen (secondary N) is 1. The van der Waals surface area contributed by atoms with Crippen molar-refractivity contribution in [1.82, 2.24) is 4.31 Å². The average molecular weight is 536 g/mol. The zero-order valence-electron chi connectivity index (χ0n) is 22.2. The molecule has 0 bridgehead atoms. The van der Waals surface area contributed by atoms with Crippen LogP contribution in [0.2, 0.25) is 0 Å². The second-order valence-electron chi connectivity index (χ2n) is 9.30. The third-order valence-electron chi connectivity index (χ3n) is 6.47. The van der Waals surface area contributed by atoms with Gasteiger partial charge in [-0.2, -0.15) is 4.36 Å². The van der Waals surface area contributed by atoms with Crippen LogP contribution < -0.4 is 10.1 Å². The summed E-state index contributed by atoms with van der Waals surface area (Å²) in [5, 5.41) is 3.43. The molecular weight excluding hydrogens is 498 g/mol. The van der Waals surface area contributed by atoms with E-state index in [1.54, 1.807) is 12.1 Å². The van der Waals surface area contributed by atoms with Crippen molar-refractivity contribution < 1.29 is 18.5 Å². The van der Waals surface area contributed by atoms with Gasteiger partial charge in [0.05, 0.1) is 24.0 Å². The van der Waals surface area contributed by atoms with E-state index in [9.17, 15) is 4.79 Å². The van der Waals surface area contributed by atoms with Crippen LogP contribution in [0, 0.1) is 0 Å². The normalized spacial score (nSPS) is 15.6. The van der Waals surface area contributed by atoms with E-state index < -0.39 is 15.9 Å². The van der Waals surface area contributed by atoms with Gasteiger partial charge in [-0.15, -0.1) is 0 Å². The molecule has 38 heavy (non-hydrogen) atoms. The number of hydrogen-bond donors (Lipinski definition) is 1. The first-order chi connectivity index (χ1) is 18.5. The number of para-hydroxylation sites is 1. The van der Waals surface area contributed by atoms with Crippen molar-refractivity contribution in [2.75, 3.05) is 32.1 Å². The molecule has 1 saturated heterocycles. The second kappa shape index (κ2) is 13.4. The third kappa shape index (κ3) is 6.74. The number of rotatable bonds is 10. The highest BCUT2D eigenvalue weighted by atomic mass is 32.2. The predicted octanol–water partition coefficient (Wildman–Crippen LogP) is 7.43. The largest absolute Gasteiger partial charge is 0.465 e. The average Bonchev–Trinajstić information content (AvgIpc) is 3.25. The van der Waals surface area contributed by atoms with Crippen molar-refractivity contribution in [2.24, 2.45) is 4.36 Å². The van der Waals surface area contributed by atoms with Crippen LogP contribution in [0.3, 0.4) is 0 Å². The number of hydrogen-bond acceptors (Lipinski definition) is 6. The van der Waals surface area contributed by atoms with Gasteiger partial charge >= 0.3 is 5.97 Å². The maximum atomic E-state index is 15.3. The monoisotopic (exact) mass is 535 g/mol. The molecule has 0 saturated carbocycles. The number of methoxy groups -OCH3 is 1. The van der Waals surface area contributed by atoms with Crippen LogP contribution in [0.5, 0.6) is 11.5 Å². The van der Waals surface area contributed by atoms with Crippen LogP contribution in [-0.4, -0.2) is 41.2 Å². The molecule has 7 nitrogen and oxygen atoms in total. The number of carbonyl (C=O) groups is 1. The van der Waals surface area contributed by atoms with E-state index >= 15 is 4.21 Å². The number of ether oxygens (including phenoxy) is 2. The molecule has 0 aromatic heterocycles. The van der Waals surface area contributed by atoms with Gasteiger partial charge in [0.25, 0.3) is 0 Å². The summed E-state index contributed by atoms with van der Waals surface area (Å²) in [5.74, 6) is 0.512. The van der Waals surface area contributed by atoms with Gasteiger partial charge in [-0.1, -0.05) is 62.6 Å². The smallest absolute Gasteiger partial charge is 0.337 e. The molecule has 3 aromatic carbocycles. The first kappa shape index (κ1) is 27.7. The molecule has 0 amide bonds. The quantitative estimate of drug-likeness (QED) is 0.216. The SMILES string of the molecule is CCCCNc1cc(C(=O)OC)cc(S(=O)(=Nc2ccccc2)N2CCCCCC2)c1Oc1ccccc1. The Morgan fingerprint density at radius 2 is 1.63 bits per heavy atom. The summed E-state index contributed by atoms with van der Waals surface area (Å²) in [7, 11) is -1.88. The molecule has 0 aliphatic carbocycles. The Morgan fingerprint density at radius 3 is 2.26 bits per heavy atom. The number of nitrogens with zero attached hydrogens (tertiary/aromatic N) is 2. The molecule has 4 rings (SSSR count). The lowest BCUT2D eigenvalue weighted by Crippen LogP contribution is -2.32. The number of anilines is 1. The Hall–Kier alpha value is -3.36. The molecule has 202 valence electrons. The highest BCUT2D eigenvalue weighted by Crippen LogP contribution is 2.41. The number of unbranched alkanes of at least 4 members (excludes halogenated alkanes) is 1. The van der Waals surface area contributed by atoms with Crippen molar-refractivity contribution in [2.45, 2.75) is 50.3 Å². The fourth-order valence-electron chi connectivity index (χ4n) is 4.45. The van der Waals surface area contributed by atoms with Gasteiger partial charge in [-0.25, -0.2) is 13.3 Å². The van der Waals surface area contributed by atoms with E-state index in [4.69, 9.17) is 13.8 Å². The molecule has 0 spiro atoms. The van der Waals surface area contributed by atoms with Crippen molar-refractivity contribution >= 4 is 27.3 Å². The molecule has 1 heterocycles. The topological polar surface area (TPSA) is 80.2 Å². The van der Waals surface area contributed by atoms with E-state index in [0.29, 0.717) is 53.0 Å². The van der Waals surface area contributed by atoms with Crippen LogP contribution in [-0.2, 0) is 14.7 Å². The number of esters is 1. The molecule has 0 radical (unpaired) electrons. The van der Waals surface area contributed by atoms with E-state index in [0.717, 1.165) is 38.5 Å². The number of carbonyl (C=O) groups excluding carboxylic acids is 1. The van der Waals surface area contributed by atoms with E-state index in [-0.39, 0.29) is 0 Å². The Balaban J connectivity index is 2.00. The molecule has 1 N–H and O–H groups in total. The Kier molecular flexibility index (Phi) is 9.79. The lowest BCUT2D eigenvalue weighted by Gasteiger charge is -2.27. The van der Waals surface area contributed by atoms with Gasteiger partial charge in [0.1, 0.15) is 20.6 Å². The van der Waals surface area contributed by atoms with Crippen LogP contribution in [0.25, 0.3) is 0 Å². The van der Waals surface area contributed by atoms with Gasteiger partial charge in [-0.3, -0.25) is 0 Å². The molecular formula is C30H37N3O4S. The minimum absolute atomic E-state index is 0.299. The van der Waals surface area contributed by atoms with Crippen LogP contribution in [0.15, 0.2) is 82.1 Å². The van der Waals surface area contributed by atoms with Crippen molar-refractivity contribution in [1.29, 1.82) is 0 Å². The zero-order valence-corrected chi connectivity index (χ0v) is 23.0. The maximum absolute atomic E-state index is 15.3. The summed E-state index contributed by atoms with van der Waals surface area (Å²) in [6, 6.07) is 22.1. The van der Waals surface area contributed by atoms with Gasteiger partial charge in [0, 0.05) is 19.6 Å². The van der Waals surface area contributed by atoms with Gasteiger partial charge in [0.15, 0.2) is 5.75 Å². The van der Waals surface area contributed by atoms with Crippen LogP contribution in [0.1, 0.15) is 55.8 Å². The zero-order chi connectivity index (χ0) is 26.8. The predicted molar refractivity (Wildman–Crippen MR) is 153 cm³/mol. The summed E-state index contributed by atoms with van der Waals surface area (Å²) >= 11 is 0. The summed E-state index contributed by atoms with van der Waals surface area (Å²) in [5.41, 5.74) is 1.50. The molecule has 1 aliphatic heterocycles. The number of benzene rings is 3. The van der Waals surface area contributed by atoms with E-state index in [2.05, 4.69) is 12.2 Å². The van der Waals surface area contributed by atoms with Crippen molar-refractivity contribution in [3.63, 3.8) is 0 Å². The summed E-state index contributed by atoms with van der Waals surface area (Å²) in [6.07, 6.45) is 5.94. The van der Waals surface area contributed by atoms with Gasteiger partial charge < -0.3 is 14.8 Å². The molecule has 8 heteroatoms. The molecule has 1 unspecified atom stereocenters. The first-order valence-corrected chi connectivity index (χ1v) is 14.8.